The standard InChI is InChI=1S/C11H12N4O2/c1-2-12-10-8(4-3-6-13-10)11(16)14-9-5-7-17-15-9/h3-7H,2H2,1H3,(H,12,13)(H,14,15,16). The van der Waals surface area contributed by atoms with Crippen molar-refractivity contribution in [1.82, 2.24) is 10.1 Å². The number of nitrogens with one attached hydrogen (secondary N) is 2. The zero-order valence-electron chi connectivity index (χ0n) is 9.30. The van der Waals surface area contributed by atoms with Crippen LogP contribution in [0.4, 0.5) is 11.6 Å². The second kappa shape index (κ2) is 5.11. The minimum absolute atomic E-state index is 0.275. The molecular formula is C11H12N4O2. The molecule has 2 rings (SSSR count). The molecule has 88 valence electrons. The second-order valence-corrected chi connectivity index (χ2v) is 3.27. The summed E-state index contributed by atoms with van der Waals surface area (Å²) >= 11 is 0. The van der Waals surface area contributed by atoms with Crippen LogP contribution in [-0.2, 0) is 0 Å². The molecule has 1 amide bonds. The van der Waals surface area contributed by atoms with E-state index in [2.05, 4.69) is 25.3 Å². The monoisotopic (exact) mass is 232 g/mol. The molecule has 0 radical (unpaired) electrons. The van der Waals surface area contributed by atoms with Gasteiger partial charge in [-0.05, 0) is 19.1 Å². The van der Waals surface area contributed by atoms with Crippen LogP contribution in [0.1, 0.15) is 17.3 Å². The van der Waals surface area contributed by atoms with Gasteiger partial charge < -0.3 is 15.2 Å². The van der Waals surface area contributed by atoms with Crippen molar-refractivity contribution in [2.75, 3.05) is 17.2 Å². The Bertz CT molecular complexity index is 496. The van der Waals surface area contributed by atoms with Crippen molar-refractivity contribution in [1.29, 1.82) is 0 Å². The van der Waals surface area contributed by atoms with Gasteiger partial charge in [0.25, 0.3) is 5.91 Å². The lowest BCUT2D eigenvalue weighted by atomic mass is 10.2. The normalized spacial score (nSPS) is 9.94. The number of hydrogen-bond acceptors (Lipinski definition) is 5. The average molecular weight is 232 g/mol. The topological polar surface area (TPSA) is 80.0 Å². The number of carbonyl (C=O) groups is 1. The van der Waals surface area contributed by atoms with Gasteiger partial charge in [-0.15, -0.1) is 0 Å². The zero-order chi connectivity index (χ0) is 12.1. The van der Waals surface area contributed by atoms with Gasteiger partial charge in [0.2, 0.25) is 0 Å². The van der Waals surface area contributed by atoms with Gasteiger partial charge in [0.15, 0.2) is 5.82 Å². The Hall–Kier alpha value is -2.37. The molecule has 0 aliphatic heterocycles. The molecule has 6 nitrogen and oxygen atoms in total. The third-order valence-corrected chi connectivity index (χ3v) is 2.08. The first-order chi connectivity index (χ1) is 8.31. The highest BCUT2D eigenvalue weighted by Gasteiger charge is 2.12. The van der Waals surface area contributed by atoms with E-state index in [-0.39, 0.29) is 5.91 Å². The summed E-state index contributed by atoms with van der Waals surface area (Å²) in [6, 6.07) is 4.97. The SMILES string of the molecule is CCNc1ncccc1C(=O)Nc1ccon1. The van der Waals surface area contributed by atoms with Crippen molar-refractivity contribution in [3.05, 3.63) is 36.2 Å². The van der Waals surface area contributed by atoms with Gasteiger partial charge in [0, 0.05) is 18.8 Å². The first-order valence-corrected chi connectivity index (χ1v) is 5.22. The number of aromatic nitrogens is 2. The quantitative estimate of drug-likeness (QED) is 0.839. The highest BCUT2D eigenvalue weighted by Crippen LogP contribution is 2.13. The number of carbonyl (C=O) groups excluding carboxylic acids is 1. The Morgan fingerprint density at radius 2 is 2.35 bits per heavy atom. The van der Waals surface area contributed by atoms with Crippen LogP contribution in [0.5, 0.6) is 0 Å². The third kappa shape index (κ3) is 2.60. The Morgan fingerprint density at radius 3 is 3.06 bits per heavy atom. The van der Waals surface area contributed by atoms with Crippen molar-refractivity contribution >= 4 is 17.5 Å². The second-order valence-electron chi connectivity index (χ2n) is 3.27. The number of hydrogen-bond donors (Lipinski definition) is 2. The molecule has 0 fully saturated rings. The van der Waals surface area contributed by atoms with E-state index in [1.807, 2.05) is 6.92 Å². The van der Waals surface area contributed by atoms with Gasteiger partial charge >= 0.3 is 0 Å². The summed E-state index contributed by atoms with van der Waals surface area (Å²) in [5.41, 5.74) is 0.470. The summed E-state index contributed by atoms with van der Waals surface area (Å²) < 4.78 is 4.63. The van der Waals surface area contributed by atoms with Crippen LogP contribution >= 0.6 is 0 Å². The van der Waals surface area contributed by atoms with E-state index in [9.17, 15) is 4.79 Å². The molecule has 0 atom stereocenters. The fourth-order valence-corrected chi connectivity index (χ4v) is 1.36. The molecule has 2 aromatic rings. The van der Waals surface area contributed by atoms with Crippen molar-refractivity contribution in [3.63, 3.8) is 0 Å². The van der Waals surface area contributed by atoms with Crippen molar-refractivity contribution < 1.29 is 9.32 Å². The van der Waals surface area contributed by atoms with Crippen LogP contribution in [0, 0.1) is 0 Å². The van der Waals surface area contributed by atoms with E-state index in [0.29, 0.717) is 23.7 Å². The molecule has 0 aliphatic rings. The van der Waals surface area contributed by atoms with Crippen LogP contribution in [0.15, 0.2) is 35.2 Å². The predicted octanol–water partition coefficient (Wildman–Crippen LogP) is 1.75. The molecule has 2 aromatic heterocycles. The van der Waals surface area contributed by atoms with Gasteiger partial charge in [0.05, 0.1) is 5.56 Å². The van der Waals surface area contributed by atoms with E-state index >= 15 is 0 Å². The Balaban J connectivity index is 2.18. The summed E-state index contributed by atoms with van der Waals surface area (Å²) in [5, 5.41) is 9.24. The van der Waals surface area contributed by atoms with Crippen LogP contribution in [-0.4, -0.2) is 22.6 Å². The van der Waals surface area contributed by atoms with Gasteiger partial charge in [0.1, 0.15) is 12.1 Å². The summed E-state index contributed by atoms with van der Waals surface area (Å²) in [6.45, 7) is 2.63. The summed E-state index contributed by atoms with van der Waals surface area (Å²) in [7, 11) is 0. The molecule has 2 heterocycles. The highest BCUT2D eigenvalue weighted by molar-refractivity contribution is 6.06. The van der Waals surface area contributed by atoms with Gasteiger partial charge in [-0.2, -0.15) is 0 Å². The Labute approximate surface area is 98.0 Å². The average Bonchev–Trinajstić information content (AvgIpc) is 2.83. The van der Waals surface area contributed by atoms with Crippen LogP contribution in [0.2, 0.25) is 0 Å². The van der Waals surface area contributed by atoms with Crippen molar-refractivity contribution in [2.24, 2.45) is 0 Å². The van der Waals surface area contributed by atoms with Gasteiger partial charge in [-0.1, -0.05) is 5.16 Å². The van der Waals surface area contributed by atoms with Gasteiger partial charge in [-0.3, -0.25) is 4.79 Å². The lowest BCUT2D eigenvalue weighted by Crippen LogP contribution is -2.15. The summed E-state index contributed by atoms with van der Waals surface area (Å²) in [5.74, 6) is 0.653. The minimum atomic E-state index is -0.275. The minimum Gasteiger partial charge on any atom is -0.370 e. The zero-order valence-corrected chi connectivity index (χ0v) is 9.30. The van der Waals surface area contributed by atoms with Crippen molar-refractivity contribution in [3.8, 4) is 0 Å². The molecule has 0 aliphatic carbocycles. The molecule has 0 saturated carbocycles. The third-order valence-electron chi connectivity index (χ3n) is 2.08. The van der Waals surface area contributed by atoms with Crippen LogP contribution in [0.25, 0.3) is 0 Å². The fourth-order valence-electron chi connectivity index (χ4n) is 1.36. The van der Waals surface area contributed by atoms with Crippen molar-refractivity contribution in [2.45, 2.75) is 6.92 Å². The number of anilines is 2. The molecule has 17 heavy (non-hydrogen) atoms. The first kappa shape index (κ1) is 11.1. The van der Waals surface area contributed by atoms with Crippen LogP contribution in [0.3, 0.4) is 0 Å². The molecule has 0 saturated heterocycles. The maximum Gasteiger partial charge on any atom is 0.260 e. The van der Waals surface area contributed by atoms with Gasteiger partial charge in [-0.25, -0.2) is 4.98 Å². The molecule has 0 bridgehead atoms. The molecule has 6 heteroatoms. The maximum atomic E-state index is 11.9. The number of rotatable bonds is 4. The maximum absolute atomic E-state index is 11.9. The molecule has 0 unspecified atom stereocenters. The predicted molar refractivity (Wildman–Crippen MR) is 62.9 cm³/mol. The lowest BCUT2D eigenvalue weighted by Gasteiger charge is -2.08. The molecule has 0 spiro atoms. The molecular weight excluding hydrogens is 220 g/mol. The van der Waals surface area contributed by atoms with E-state index in [4.69, 9.17) is 0 Å². The summed E-state index contributed by atoms with van der Waals surface area (Å²) in [4.78, 5) is 16.0. The van der Waals surface area contributed by atoms with E-state index in [1.165, 1.54) is 6.26 Å². The number of amides is 1. The van der Waals surface area contributed by atoms with Crippen LogP contribution < -0.4 is 10.6 Å². The Morgan fingerprint density at radius 1 is 1.47 bits per heavy atom. The molecule has 2 N–H and O–H groups in total. The molecule has 0 aromatic carbocycles. The number of nitrogens with zero attached hydrogens (tertiary/aromatic N) is 2. The van der Waals surface area contributed by atoms with E-state index in [1.54, 1.807) is 24.4 Å². The summed E-state index contributed by atoms with van der Waals surface area (Å²) in [6.07, 6.45) is 3.02. The number of pyridine rings is 1. The largest absolute Gasteiger partial charge is 0.370 e. The Kier molecular flexibility index (Phi) is 3.34. The fraction of sp³-hybridized carbons (Fsp3) is 0.182. The van der Waals surface area contributed by atoms with E-state index in [0.717, 1.165) is 0 Å². The first-order valence-electron chi connectivity index (χ1n) is 5.22. The van der Waals surface area contributed by atoms with E-state index < -0.39 is 0 Å². The smallest absolute Gasteiger partial charge is 0.260 e. The highest BCUT2D eigenvalue weighted by atomic mass is 16.5. The lowest BCUT2D eigenvalue weighted by molar-refractivity contribution is 0.102.